The second kappa shape index (κ2) is 11.4. The van der Waals surface area contributed by atoms with Crippen molar-refractivity contribution in [3.05, 3.63) is 74.1 Å². The average molecular weight is 518 g/mol. The lowest BCUT2D eigenvalue weighted by atomic mass is 9.89. The van der Waals surface area contributed by atoms with Crippen LogP contribution in [0.4, 0.5) is 0 Å². The maximum atomic E-state index is 13.0. The first kappa shape index (κ1) is 24.8. The maximum absolute atomic E-state index is 13.0. The Morgan fingerprint density at radius 2 is 2.06 bits per heavy atom. The number of rotatable bonds is 8. The Kier molecular flexibility index (Phi) is 8.34. The minimum Gasteiger partial charge on any atom is -0.468 e. The standard InChI is InChI=1S/C25H28ClN3O3S2/c1-16-14-34-23(21(16)26)25(31)29-10-7-18(8-11-29)22-20(6-5-17(2)28-22)24(30)27-9-13-33-15-19-4-3-12-32-19/h3-6,12,14,18H,7-11,13,15H2,1-2H3,(H,27,30). The number of furan rings is 1. The molecule has 0 radical (unpaired) electrons. The summed E-state index contributed by atoms with van der Waals surface area (Å²) in [6, 6.07) is 7.57. The van der Waals surface area contributed by atoms with Gasteiger partial charge in [-0.3, -0.25) is 14.6 Å². The largest absolute Gasteiger partial charge is 0.468 e. The van der Waals surface area contributed by atoms with Crippen LogP contribution in [0.15, 0.2) is 40.3 Å². The first-order valence-corrected chi connectivity index (χ1v) is 13.7. The van der Waals surface area contributed by atoms with Crippen molar-refractivity contribution >= 4 is 46.5 Å². The molecule has 1 aliphatic heterocycles. The summed E-state index contributed by atoms with van der Waals surface area (Å²) in [4.78, 5) is 33.1. The van der Waals surface area contributed by atoms with Crippen molar-refractivity contribution < 1.29 is 14.0 Å². The fourth-order valence-corrected chi connectivity index (χ4v) is 6.05. The van der Waals surface area contributed by atoms with Crippen LogP contribution in [-0.4, -0.2) is 47.1 Å². The van der Waals surface area contributed by atoms with Gasteiger partial charge in [0.15, 0.2) is 0 Å². The second-order valence-electron chi connectivity index (χ2n) is 8.40. The number of thiophene rings is 1. The fraction of sp³-hybridized carbons (Fsp3) is 0.400. The van der Waals surface area contributed by atoms with E-state index in [4.69, 9.17) is 21.0 Å². The van der Waals surface area contributed by atoms with Crippen LogP contribution in [-0.2, 0) is 5.75 Å². The molecule has 6 nitrogen and oxygen atoms in total. The van der Waals surface area contributed by atoms with Crippen LogP contribution in [0.1, 0.15) is 61.5 Å². The quantitative estimate of drug-likeness (QED) is 0.388. The molecule has 0 unspecified atom stereocenters. The van der Waals surface area contributed by atoms with Gasteiger partial charge in [-0.25, -0.2) is 0 Å². The van der Waals surface area contributed by atoms with E-state index < -0.39 is 0 Å². The molecule has 1 N–H and O–H groups in total. The van der Waals surface area contributed by atoms with E-state index in [0.29, 0.717) is 35.1 Å². The van der Waals surface area contributed by atoms with E-state index in [9.17, 15) is 9.59 Å². The Morgan fingerprint density at radius 3 is 2.74 bits per heavy atom. The summed E-state index contributed by atoms with van der Waals surface area (Å²) in [6.45, 7) is 5.67. The van der Waals surface area contributed by atoms with Crippen LogP contribution in [0.3, 0.4) is 0 Å². The Balaban J connectivity index is 1.34. The predicted molar refractivity (Wildman–Crippen MR) is 138 cm³/mol. The summed E-state index contributed by atoms with van der Waals surface area (Å²) in [5.74, 6) is 2.55. The van der Waals surface area contributed by atoms with Gasteiger partial charge >= 0.3 is 0 Å². The number of piperidine rings is 1. The highest BCUT2D eigenvalue weighted by atomic mass is 35.5. The zero-order valence-electron chi connectivity index (χ0n) is 19.3. The van der Waals surface area contributed by atoms with Crippen LogP contribution in [0, 0.1) is 13.8 Å². The molecule has 0 atom stereocenters. The van der Waals surface area contributed by atoms with Gasteiger partial charge in [0.2, 0.25) is 0 Å². The minimum atomic E-state index is -0.0968. The number of carbonyl (C=O) groups is 2. The number of aryl methyl sites for hydroxylation is 2. The first-order chi connectivity index (χ1) is 16.4. The molecule has 2 amide bonds. The Bertz CT molecular complexity index is 1140. The van der Waals surface area contributed by atoms with Gasteiger partial charge in [-0.15, -0.1) is 11.3 Å². The number of nitrogens with zero attached hydrogens (tertiary/aromatic N) is 2. The summed E-state index contributed by atoms with van der Waals surface area (Å²) in [5, 5.41) is 5.50. The number of thioether (sulfide) groups is 1. The van der Waals surface area contributed by atoms with Crippen molar-refractivity contribution in [2.24, 2.45) is 0 Å². The van der Waals surface area contributed by atoms with E-state index in [1.165, 1.54) is 11.3 Å². The maximum Gasteiger partial charge on any atom is 0.265 e. The van der Waals surface area contributed by atoms with E-state index >= 15 is 0 Å². The molecule has 3 aromatic heterocycles. The lowest BCUT2D eigenvalue weighted by Crippen LogP contribution is -2.38. The number of hydrogen-bond donors (Lipinski definition) is 1. The highest BCUT2D eigenvalue weighted by Crippen LogP contribution is 2.33. The van der Waals surface area contributed by atoms with Crippen molar-refractivity contribution in [3.8, 4) is 0 Å². The lowest BCUT2D eigenvalue weighted by Gasteiger charge is -2.32. The SMILES string of the molecule is Cc1ccc(C(=O)NCCSCc2ccco2)c(C2CCN(C(=O)c3scc(C)c3Cl)CC2)n1. The molecule has 4 heterocycles. The van der Waals surface area contributed by atoms with Crippen molar-refractivity contribution in [1.29, 1.82) is 0 Å². The summed E-state index contributed by atoms with van der Waals surface area (Å²) in [7, 11) is 0. The van der Waals surface area contributed by atoms with Crippen molar-refractivity contribution in [2.75, 3.05) is 25.4 Å². The summed E-state index contributed by atoms with van der Waals surface area (Å²) in [5.41, 5.74) is 3.28. The third kappa shape index (κ3) is 5.85. The predicted octanol–water partition coefficient (Wildman–Crippen LogP) is 5.69. The number of pyridine rings is 1. The molecule has 4 rings (SSSR count). The van der Waals surface area contributed by atoms with E-state index in [0.717, 1.165) is 47.1 Å². The van der Waals surface area contributed by atoms with Crippen LogP contribution in [0.25, 0.3) is 0 Å². The molecule has 0 spiro atoms. The number of hydrogen-bond acceptors (Lipinski definition) is 6. The second-order valence-corrected chi connectivity index (χ2v) is 10.8. The van der Waals surface area contributed by atoms with Crippen molar-refractivity contribution in [3.63, 3.8) is 0 Å². The molecule has 0 aliphatic carbocycles. The Labute approximate surface area is 213 Å². The monoisotopic (exact) mass is 517 g/mol. The molecular formula is C25H28ClN3O3S2. The Hall–Kier alpha value is -2.29. The zero-order valence-corrected chi connectivity index (χ0v) is 21.7. The molecule has 9 heteroatoms. The average Bonchev–Trinajstić information content (AvgIpc) is 3.48. The van der Waals surface area contributed by atoms with Crippen molar-refractivity contribution in [1.82, 2.24) is 15.2 Å². The van der Waals surface area contributed by atoms with Gasteiger partial charge in [0, 0.05) is 37.0 Å². The number of aromatic nitrogens is 1. The van der Waals surface area contributed by atoms with Crippen LogP contribution in [0.5, 0.6) is 0 Å². The normalized spacial score (nSPS) is 14.4. The molecule has 0 aromatic carbocycles. The van der Waals surface area contributed by atoms with E-state index in [-0.39, 0.29) is 17.7 Å². The molecule has 1 aliphatic rings. The van der Waals surface area contributed by atoms with Gasteiger partial charge in [-0.2, -0.15) is 11.8 Å². The van der Waals surface area contributed by atoms with Gasteiger partial charge in [0.05, 0.1) is 28.3 Å². The molecule has 3 aromatic rings. The number of halogens is 1. The molecule has 34 heavy (non-hydrogen) atoms. The van der Waals surface area contributed by atoms with Gasteiger partial charge in [-0.05, 0) is 61.9 Å². The molecule has 0 bridgehead atoms. The zero-order chi connectivity index (χ0) is 24.1. The minimum absolute atomic E-state index is 0.0104. The Morgan fingerprint density at radius 1 is 1.26 bits per heavy atom. The number of likely N-dealkylation sites (tertiary alicyclic amines) is 1. The van der Waals surface area contributed by atoms with Crippen LogP contribution >= 0.6 is 34.7 Å². The molecular weight excluding hydrogens is 490 g/mol. The summed E-state index contributed by atoms with van der Waals surface area (Å²) < 4.78 is 5.33. The summed E-state index contributed by atoms with van der Waals surface area (Å²) in [6.07, 6.45) is 3.20. The van der Waals surface area contributed by atoms with Crippen LogP contribution < -0.4 is 5.32 Å². The summed E-state index contributed by atoms with van der Waals surface area (Å²) >= 11 is 9.42. The topological polar surface area (TPSA) is 75.4 Å². The van der Waals surface area contributed by atoms with Gasteiger partial charge in [0.25, 0.3) is 11.8 Å². The third-order valence-electron chi connectivity index (χ3n) is 5.93. The van der Waals surface area contributed by atoms with E-state index in [2.05, 4.69) is 5.32 Å². The third-order valence-corrected chi connectivity index (χ3v) is 8.59. The van der Waals surface area contributed by atoms with Gasteiger partial charge < -0.3 is 14.6 Å². The molecule has 180 valence electrons. The number of amides is 2. The fourth-order valence-electron chi connectivity index (χ4n) is 4.05. The van der Waals surface area contributed by atoms with Crippen LogP contribution in [0.2, 0.25) is 5.02 Å². The van der Waals surface area contributed by atoms with E-state index in [1.54, 1.807) is 18.0 Å². The highest BCUT2D eigenvalue weighted by molar-refractivity contribution is 7.98. The van der Waals surface area contributed by atoms with Gasteiger partial charge in [0.1, 0.15) is 10.6 Å². The molecule has 0 saturated carbocycles. The lowest BCUT2D eigenvalue weighted by molar-refractivity contribution is 0.0715. The highest BCUT2D eigenvalue weighted by Gasteiger charge is 2.29. The smallest absolute Gasteiger partial charge is 0.265 e. The van der Waals surface area contributed by atoms with Gasteiger partial charge in [-0.1, -0.05) is 11.6 Å². The molecule has 1 fully saturated rings. The van der Waals surface area contributed by atoms with Crippen molar-refractivity contribution in [2.45, 2.75) is 38.4 Å². The van der Waals surface area contributed by atoms with E-state index in [1.807, 2.05) is 48.4 Å². The first-order valence-electron chi connectivity index (χ1n) is 11.3. The molecule has 1 saturated heterocycles. The number of carbonyl (C=O) groups excluding carboxylic acids is 2. The number of nitrogens with one attached hydrogen (secondary N) is 1.